The van der Waals surface area contributed by atoms with Gasteiger partial charge in [-0.05, 0) is 26.0 Å². The van der Waals surface area contributed by atoms with E-state index >= 15 is 0 Å². The summed E-state index contributed by atoms with van der Waals surface area (Å²) < 4.78 is 15.4. The third kappa shape index (κ3) is 2.54. The van der Waals surface area contributed by atoms with E-state index in [-0.39, 0.29) is 11.6 Å². The van der Waals surface area contributed by atoms with Crippen molar-refractivity contribution in [1.82, 2.24) is 9.78 Å². The smallest absolute Gasteiger partial charge is 0.130 e. The molecule has 2 rings (SSSR count). The summed E-state index contributed by atoms with van der Waals surface area (Å²) in [6.07, 6.45) is 2.22. The number of aliphatic hydroxyl groups is 1. The summed E-state index contributed by atoms with van der Waals surface area (Å²) in [6.45, 7) is 3.96. The van der Waals surface area contributed by atoms with Gasteiger partial charge in [-0.1, -0.05) is 17.7 Å². The van der Waals surface area contributed by atoms with E-state index in [1.54, 1.807) is 23.1 Å². The monoisotopic (exact) mass is 268 g/mol. The van der Waals surface area contributed by atoms with Gasteiger partial charge in [-0.25, -0.2) is 4.39 Å². The second kappa shape index (κ2) is 5.08. The highest BCUT2D eigenvalue weighted by Crippen LogP contribution is 2.26. The highest BCUT2D eigenvalue weighted by atomic mass is 35.5. The van der Waals surface area contributed by atoms with Crippen molar-refractivity contribution in [2.75, 3.05) is 0 Å². The van der Waals surface area contributed by atoms with E-state index in [0.717, 1.165) is 0 Å². The SMILES string of the molecule is CC(C)n1cc(C(O)c2ccc(Cl)cc2F)cn1. The zero-order valence-corrected chi connectivity index (χ0v) is 10.9. The Morgan fingerprint density at radius 2 is 2.11 bits per heavy atom. The third-order valence-corrected chi connectivity index (χ3v) is 2.96. The van der Waals surface area contributed by atoms with E-state index in [0.29, 0.717) is 10.6 Å². The molecule has 0 spiro atoms. The van der Waals surface area contributed by atoms with Crippen LogP contribution in [0.2, 0.25) is 5.02 Å². The Morgan fingerprint density at radius 3 is 2.67 bits per heavy atom. The van der Waals surface area contributed by atoms with Crippen LogP contribution in [0.25, 0.3) is 0 Å². The molecule has 0 saturated heterocycles. The zero-order chi connectivity index (χ0) is 13.3. The van der Waals surface area contributed by atoms with Crippen LogP contribution in [0.15, 0.2) is 30.6 Å². The molecule has 1 aromatic heterocycles. The van der Waals surface area contributed by atoms with Gasteiger partial charge in [-0.2, -0.15) is 5.10 Å². The first-order valence-corrected chi connectivity index (χ1v) is 6.04. The maximum absolute atomic E-state index is 13.7. The zero-order valence-electron chi connectivity index (χ0n) is 10.1. The summed E-state index contributed by atoms with van der Waals surface area (Å²) in [7, 11) is 0. The lowest BCUT2D eigenvalue weighted by Gasteiger charge is -2.10. The summed E-state index contributed by atoms with van der Waals surface area (Å²) in [6, 6.07) is 4.42. The Labute approximate surface area is 110 Å². The molecule has 1 aromatic carbocycles. The van der Waals surface area contributed by atoms with Crippen LogP contribution in [0.1, 0.15) is 37.1 Å². The summed E-state index contributed by atoms with van der Waals surface area (Å²) in [4.78, 5) is 0. The van der Waals surface area contributed by atoms with Crippen LogP contribution in [0.4, 0.5) is 4.39 Å². The highest BCUT2D eigenvalue weighted by Gasteiger charge is 2.17. The standard InChI is InChI=1S/C13H14ClFN2O/c1-8(2)17-7-9(6-16-17)13(18)11-4-3-10(14)5-12(11)15/h3-8,13,18H,1-2H3. The molecular weight excluding hydrogens is 255 g/mol. The molecule has 1 atom stereocenters. The number of hydrogen-bond acceptors (Lipinski definition) is 2. The Hall–Kier alpha value is -1.39. The minimum absolute atomic E-state index is 0.195. The van der Waals surface area contributed by atoms with Crippen LogP contribution in [0, 0.1) is 5.82 Å². The van der Waals surface area contributed by atoms with E-state index in [9.17, 15) is 9.50 Å². The van der Waals surface area contributed by atoms with Crippen molar-refractivity contribution in [3.63, 3.8) is 0 Å². The van der Waals surface area contributed by atoms with Crippen molar-refractivity contribution in [1.29, 1.82) is 0 Å². The van der Waals surface area contributed by atoms with Gasteiger partial charge < -0.3 is 5.11 Å². The van der Waals surface area contributed by atoms with Crippen LogP contribution in [0.3, 0.4) is 0 Å². The molecule has 18 heavy (non-hydrogen) atoms. The van der Waals surface area contributed by atoms with Crippen molar-refractivity contribution in [3.05, 3.63) is 52.6 Å². The van der Waals surface area contributed by atoms with E-state index in [1.807, 2.05) is 13.8 Å². The summed E-state index contributed by atoms with van der Waals surface area (Å²) in [5, 5.41) is 14.5. The normalized spacial score (nSPS) is 13.0. The van der Waals surface area contributed by atoms with Crippen molar-refractivity contribution in [3.8, 4) is 0 Å². The molecule has 0 aliphatic heterocycles. The summed E-state index contributed by atoms with van der Waals surface area (Å²) in [5.74, 6) is -0.521. The molecule has 3 nitrogen and oxygen atoms in total. The largest absolute Gasteiger partial charge is 0.383 e. The topological polar surface area (TPSA) is 38.0 Å². The van der Waals surface area contributed by atoms with Gasteiger partial charge in [0.05, 0.1) is 6.20 Å². The molecule has 96 valence electrons. The fraction of sp³-hybridized carbons (Fsp3) is 0.308. The lowest BCUT2D eigenvalue weighted by Crippen LogP contribution is -2.03. The van der Waals surface area contributed by atoms with Crippen LogP contribution in [-0.4, -0.2) is 14.9 Å². The first-order chi connectivity index (χ1) is 8.49. The molecule has 2 aromatic rings. The van der Waals surface area contributed by atoms with Gasteiger partial charge in [0.1, 0.15) is 11.9 Å². The minimum atomic E-state index is -1.03. The average molecular weight is 269 g/mol. The third-order valence-electron chi connectivity index (χ3n) is 2.72. The lowest BCUT2D eigenvalue weighted by atomic mass is 10.0. The molecule has 0 aliphatic carbocycles. The fourth-order valence-corrected chi connectivity index (χ4v) is 1.84. The molecule has 0 aliphatic rings. The molecule has 1 N–H and O–H groups in total. The van der Waals surface area contributed by atoms with Gasteiger partial charge in [0.15, 0.2) is 0 Å². The Bertz CT molecular complexity index is 554. The fourth-order valence-electron chi connectivity index (χ4n) is 1.68. The van der Waals surface area contributed by atoms with Crippen molar-refractivity contribution >= 4 is 11.6 Å². The van der Waals surface area contributed by atoms with Gasteiger partial charge in [0.2, 0.25) is 0 Å². The molecule has 1 unspecified atom stereocenters. The van der Waals surface area contributed by atoms with E-state index in [4.69, 9.17) is 11.6 Å². The van der Waals surface area contributed by atoms with Crippen LogP contribution in [0.5, 0.6) is 0 Å². The second-order valence-electron chi connectivity index (χ2n) is 4.42. The number of benzene rings is 1. The summed E-state index contributed by atoms with van der Waals surface area (Å²) in [5.41, 5.74) is 0.757. The maximum Gasteiger partial charge on any atom is 0.130 e. The van der Waals surface area contributed by atoms with Gasteiger partial charge in [-0.15, -0.1) is 0 Å². The van der Waals surface area contributed by atoms with Crippen molar-refractivity contribution < 1.29 is 9.50 Å². The maximum atomic E-state index is 13.7. The first-order valence-electron chi connectivity index (χ1n) is 5.66. The second-order valence-corrected chi connectivity index (χ2v) is 4.85. The summed E-state index contributed by atoms with van der Waals surface area (Å²) >= 11 is 5.68. The Balaban J connectivity index is 2.32. The van der Waals surface area contributed by atoms with Crippen LogP contribution >= 0.6 is 11.6 Å². The van der Waals surface area contributed by atoms with Crippen molar-refractivity contribution in [2.24, 2.45) is 0 Å². The number of aliphatic hydroxyl groups excluding tert-OH is 1. The highest BCUT2D eigenvalue weighted by molar-refractivity contribution is 6.30. The van der Waals surface area contributed by atoms with E-state index in [1.165, 1.54) is 12.1 Å². The molecule has 5 heteroatoms. The number of halogens is 2. The molecule has 0 amide bonds. The van der Waals surface area contributed by atoms with E-state index in [2.05, 4.69) is 5.10 Å². The van der Waals surface area contributed by atoms with E-state index < -0.39 is 11.9 Å². The van der Waals surface area contributed by atoms with Gasteiger partial charge in [0, 0.05) is 28.4 Å². The molecule has 1 heterocycles. The Morgan fingerprint density at radius 1 is 1.39 bits per heavy atom. The van der Waals surface area contributed by atoms with Gasteiger partial charge in [0.25, 0.3) is 0 Å². The quantitative estimate of drug-likeness (QED) is 0.927. The molecule has 0 radical (unpaired) electrons. The minimum Gasteiger partial charge on any atom is -0.383 e. The van der Waals surface area contributed by atoms with Crippen LogP contribution < -0.4 is 0 Å². The molecule has 0 fully saturated rings. The molecular formula is C13H14ClFN2O. The van der Waals surface area contributed by atoms with Gasteiger partial charge >= 0.3 is 0 Å². The predicted molar refractivity (Wildman–Crippen MR) is 68.1 cm³/mol. The number of rotatable bonds is 3. The lowest BCUT2D eigenvalue weighted by molar-refractivity contribution is 0.215. The first kappa shape index (κ1) is 13.1. The number of nitrogens with zero attached hydrogens (tertiary/aromatic N) is 2. The van der Waals surface area contributed by atoms with Crippen molar-refractivity contribution in [2.45, 2.75) is 26.0 Å². The number of aromatic nitrogens is 2. The predicted octanol–water partition coefficient (Wildman–Crippen LogP) is 3.34. The van der Waals surface area contributed by atoms with Crippen LogP contribution in [-0.2, 0) is 0 Å². The molecule has 0 saturated carbocycles. The molecule has 0 bridgehead atoms. The average Bonchev–Trinajstić information content (AvgIpc) is 2.77. The van der Waals surface area contributed by atoms with Gasteiger partial charge in [-0.3, -0.25) is 4.68 Å². The number of hydrogen-bond donors (Lipinski definition) is 1. The Kier molecular flexibility index (Phi) is 3.68.